The summed E-state index contributed by atoms with van der Waals surface area (Å²) in [5, 5.41) is 7.58. The van der Waals surface area contributed by atoms with E-state index >= 15 is 0 Å². The van der Waals surface area contributed by atoms with Crippen LogP contribution in [0.4, 0.5) is 5.69 Å². The summed E-state index contributed by atoms with van der Waals surface area (Å²) >= 11 is 12.0. The number of anilines is 1. The van der Waals surface area contributed by atoms with Gasteiger partial charge in [-0.1, -0.05) is 30.1 Å². The van der Waals surface area contributed by atoms with Crippen molar-refractivity contribution in [3.05, 3.63) is 21.7 Å². The number of carbonyl (C=O) groups excluding carboxylic acids is 1. The molecule has 21 heavy (non-hydrogen) atoms. The molecule has 0 aliphatic carbocycles. The van der Waals surface area contributed by atoms with Crippen molar-refractivity contribution in [3.8, 4) is 0 Å². The minimum Gasteiger partial charge on any atom is -0.372 e. The molecule has 1 amide bonds. The van der Waals surface area contributed by atoms with Crippen molar-refractivity contribution < 1.29 is 17.9 Å². The van der Waals surface area contributed by atoms with E-state index < -0.39 is 15.9 Å². The molecule has 0 heterocycles. The molecule has 0 aliphatic heterocycles. The molecule has 0 spiro atoms. The third-order valence-electron chi connectivity index (χ3n) is 2.57. The van der Waals surface area contributed by atoms with E-state index in [9.17, 15) is 13.2 Å². The predicted octanol–water partition coefficient (Wildman–Crippen LogP) is 2.31. The van der Waals surface area contributed by atoms with E-state index in [1.54, 1.807) is 0 Å². The standard InChI is InChI=1S/C12H16Cl2N2O4S/c1-3-4-20-6-10(17)16-12-8(13)5-9(21(15,18)19)7(2)11(12)14/h5H,3-4,6H2,1-2H3,(H,16,17)(H2,15,18,19). The van der Waals surface area contributed by atoms with Gasteiger partial charge in [0.15, 0.2) is 0 Å². The number of hydrogen-bond donors (Lipinski definition) is 2. The first-order valence-corrected chi connectivity index (χ1v) is 8.37. The minimum atomic E-state index is -3.95. The Hall–Kier alpha value is -0.860. The van der Waals surface area contributed by atoms with E-state index in [-0.39, 0.29) is 32.8 Å². The zero-order valence-electron chi connectivity index (χ0n) is 11.6. The molecule has 6 nitrogen and oxygen atoms in total. The number of ether oxygens (including phenoxy) is 1. The highest BCUT2D eigenvalue weighted by atomic mass is 35.5. The second-order valence-electron chi connectivity index (χ2n) is 4.32. The van der Waals surface area contributed by atoms with Crippen LogP contribution < -0.4 is 10.5 Å². The van der Waals surface area contributed by atoms with Gasteiger partial charge in [-0.25, -0.2) is 13.6 Å². The zero-order chi connectivity index (χ0) is 16.2. The molecule has 3 N–H and O–H groups in total. The summed E-state index contributed by atoms with van der Waals surface area (Å²) in [6.07, 6.45) is 0.789. The van der Waals surface area contributed by atoms with Crippen LogP contribution in [0.15, 0.2) is 11.0 Å². The molecule has 0 aliphatic rings. The molecule has 0 saturated heterocycles. The Labute approximate surface area is 133 Å². The van der Waals surface area contributed by atoms with E-state index in [0.29, 0.717) is 6.61 Å². The van der Waals surface area contributed by atoms with Crippen molar-refractivity contribution in [3.63, 3.8) is 0 Å². The fourth-order valence-corrected chi connectivity index (χ4v) is 3.07. The SMILES string of the molecule is CCCOCC(=O)Nc1c(Cl)cc(S(N)(=O)=O)c(C)c1Cl. The number of primary sulfonamides is 1. The van der Waals surface area contributed by atoms with Gasteiger partial charge in [-0.15, -0.1) is 0 Å². The molecule has 1 rings (SSSR count). The normalized spacial score (nSPS) is 11.5. The van der Waals surface area contributed by atoms with E-state index in [1.807, 2.05) is 6.92 Å². The summed E-state index contributed by atoms with van der Waals surface area (Å²) in [7, 11) is -3.95. The highest BCUT2D eigenvalue weighted by Crippen LogP contribution is 2.36. The second kappa shape index (κ2) is 7.42. The number of nitrogens with one attached hydrogen (secondary N) is 1. The number of carbonyl (C=O) groups is 1. The Morgan fingerprint density at radius 1 is 1.43 bits per heavy atom. The van der Waals surface area contributed by atoms with Crippen LogP contribution in [0.5, 0.6) is 0 Å². The monoisotopic (exact) mass is 354 g/mol. The van der Waals surface area contributed by atoms with E-state index in [2.05, 4.69) is 5.32 Å². The Morgan fingerprint density at radius 3 is 2.57 bits per heavy atom. The smallest absolute Gasteiger partial charge is 0.250 e. The molecule has 0 saturated carbocycles. The molecule has 1 aromatic rings. The maximum absolute atomic E-state index is 11.7. The van der Waals surface area contributed by atoms with Crippen LogP contribution in [0.1, 0.15) is 18.9 Å². The van der Waals surface area contributed by atoms with Gasteiger partial charge in [0.1, 0.15) is 6.61 Å². The molecule has 0 aromatic heterocycles. The molecule has 0 radical (unpaired) electrons. The topological polar surface area (TPSA) is 98.5 Å². The molecule has 9 heteroatoms. The van der Waals surface area contributed by atoms with Crippen LogP contribution in [0.2, 0.25) is 10.0 Å². The number of benzene rings is 1. The molecular formula is C12H16Cl2N2O4S. The van der Waals surface area contributed by atoms with Crippen molar-refractivity contribution in [2.45, 2.75) is 25.2 Å². The Kier molecular flexibility index (Phi) is 6.42. The van der Waals surface area contributed by atoms with Gasteiger partial charge in [-0.05, 0) is 25.0 Å². The van der Waals surface area contributed by atoms with Crippen LogP contribution in [0.3, 0.4) is 0 Å². The van der Waals surface area contributed by atoms with E-state index in [0.717, 1.165) is 12.5 Å². The zero-order valence-corrected chi connectivity index (χ0v) is 13.9. The number of amides is 1. The minimum absolute atomic E-state index is 0.0153. The summed E-state index contributed by atoms with van der Waals surface area (Å²) in [6.45, 7) is 3.71. The van der Waals surface area contributed by atoms with Crippen molar-refractivity contribution in [1.29, 1.82) is 0 Å². The van der Waals surface area contributed by atoms with Crippen LogP contribution in [-0.4, -0.2) is 27.5 Å². The molecule has 1 aromatic carbocycles. The van der Waals surface area contributed by atoms with Gasteiger partial charge < -0.3 is 10.1 Å². The maximum Gasteiger partial charge on any atom is 0.250 e. The van der Waals surface area contributed by atoms with Crippen molar-refractivity contribution in [2.24, 2.45) is 5.14 Å². The first-order chi connectivity index (χ1) is 9.68. The third-order valence-corrected chi connectivity index (χ3v) is 4.38. The summed E-state index contributed by atoms with van der Waals surface area (Å²) < 4.78 is 27.9. The third kappa shape index (κ3) is 4.82. The van der Waals surface area contributed by atoms with E-state index in [4.69, 9.17) is 33.1 Å². The fourth-order valence-electron chi connectivity index (χ4n) is 1.59. The highest BCUT2D eigenvalue weighted by Gasteiger charge is 2.20. The van der Waals surface area contributed by atoms with Gasteiger partial charge in [0.2, 0.25) is 15.9 Å². The summed E-state index contributed by atoms with van der Waals surface area (Å²) in [6, 6.07) is 1.15. The van der Waals surface area contributed by atoms with Gasteiger partial charge in [0.25, 0.3) is 0 Å². The number of sulfonamides is 1. The Morgan fingerprint density at radius 2 is 2.05 bits per heavy atom. The van der Waals surface area contributed by atoms with E-state index in [1.165, 1.54) is 6.92 Å². The first kappa shape index (κ1) is 18.2. The number of rotatable bonds is 6. The van der Waals surface area contributed by atoms with Crippen LogP contribution in [0.25, 0.3) is 0 Å². The summed E-state index contributed by atoms with van der Waals surface area (Å²) in [5.41, 5.74) is 0.349. The van der Waals surface area contributed by atoms with Crippen molar-refractivity contribution in [2.75, 3.05) is 18.5 Å². The highest BCUT2D eigenvalue weighted by molar-refractivity contribution is 7.89. The molecular weight excluding hydrogens is 339 g/mol. The molecule has 0 atom stereocenters. The molecule has 118 valence electrons. The Balaban J connectivity index is 3.05. The lowest BCUT2D eigenvalue weighted by Gasteiger charge is -2.14. The summed E-state index contributed by atoms with van der Waals surface area (Å²) in [4.78, 5) is 11.5. The van der Waals surface area contributed by atoms with Crippen molar-refractivity contribution in [1.82, 2.24) is 0 Å². The Bertz CT molecular complexity index is 647. The van der Waals surface area contributed by atoms with Crippen molar-refractivity contribution >= 4 is 44.8 Å². The van der Waals surface area contributed by atoms with Gasteiger partial charge in [0, 0.05) is 6.61 Å². The average molecular weight is 355 g/mol. The number of nitrogens with two attached hydrogens (primary N) is 1. The quantitative estimate of drug-likeness (QED) is 0.765. The van der Waals surface area contributed by atoms with Crippen LogP contribution in [-0.2, 0) is 19.6 Å². The lowest BCUT2D eigenvalue weighted by molar-refractivity contribution is -0.120. The van der Waals surface area contributed by atoms with Crippen LogP contribution in [0, 0.1) is 6.92 Å². The fraction of sp³-hybridized carbons (Fsp3) is 0.417. The molecule has 0 unspecified atom stereocenters. The molecule has 0 fully saturated rings. The largest absolute Gasteiger partial charge is 0.372 e. The lowest BCUT2D eigenvalue weighted by Crippen LogP contribution is -2.20. The number of halogens is 2. The van der Waals surface area contributed by atoms with Gasteiger partial charge in [-0.3, -0.25) is 4.79 Å². The maximum atomic E-state index is 11.7. The summed E-state index contributed by atoms with van der Waals surface area (Å²) in [5.74, 6) is -0.435. The van der Waals surface area contributed by atoms with Gasteiger partial charge >= 0.3 is 0 Å². The van der Waals surface area contributed by atoms with Crippen LogP contribution >= 0.6 is 23.2 Å². The first-order valence-electron chi connectivity index (χ1n) is 6.07. The predicted molar refractivity (Wildman–Crippen MR) is 82.3 cm³/mol. The lowest BCUT2D eigenvalue weighted by atomic mass is 10.2. The average Bonchev–Trinajstić information content (AvgIpc) is 2.38. The molecule has 0 bridgehead atoms. The van der Waals surface area contributed by atoms with Gasteiger partial charge in [0.05, 0.1) is 20.6 Å². The van der Waals surface area contributed by atoms with Gasteiger partial charge in [-0.2, -0.15) is 0 Å². The number of hydrogen-bond acceptors (Lipinski definition) is 4. The second-order valence-corrected chi connectivity index (χ2v) is 6.63.